The van der Waals surface area contributed by atoms with Crippen molar-refractivity contribution < 1.29 is 0 Å². The number of anilines is 3. The van der Waals surface area contributed by atoms with Gasteiger partial charge in [0.05, 0.1) is 28.2 Å². The summed E-state index contributed by atoms with van der Waals surface area (Å²) in [6.45, 7) is 0. The second-order valence-corrected chi connectivity index (χ2v) is 14.5. The Bertz CT molecular complexity index is 2850. The molecule has 0 saturated carbocycles. The molecule has 1 spiro atoms. The predicted molar refractivity (Wildman–Crippen MR) is 229 cm³/mol. The molecule has 1 aliphatic heterocycles. The lowest BCUT2D eigenvalue weighted by Crippen LogP contribution is -2.36. The predicted octanol–water partition coefficient (Wildman–Crippen LogP) is 13.3. The van der Waals surface area contributed by atoms with Crippen LogP contribution in [0.1, 0.15) is 22.3 Å². The number of aromatic nitrogens is 2. The van der Waals surface area contributed by atoms with Crippen molar-refractivity contribution in [2.45, 2.75) is 5.41 Å². The fourth-order valence-electron chi connectivity index (χ4n) is 9.04. The largest absolute Gasteiger partial charge is 0.310 e. The van der Waals surface area contributed by atoms with Gasteiger partial charge in [0.1, 0.15) is 0 Å². The van der Waals surface area contributed by atoms with Gasteiger partial charge in [-0.2, -0.15) is 0 Å². The molecule has 0 atom stereocenters. The quantitative estimate of drug-likeness (QED) is 0.178. The van der Waals surface area contributed by atoms with Gasteiger partial charge in [-0.25, -0.2) is 9.97 Å². The third-order valence-corrected chi connectivity index (χ3v) is 11.5. The zero-order chi connectivity index (χ0) is 37.1. The Balaban J connectivity index is 1.14. The summed E-state index contributed by atoms with van der Waals surface area (Å²) in [5.41, 5.74) is 17.8. The Morgan fingerprint density at radius 3 is 1.45 bits per heavy atom. The van der Waals surface area contributed by atoms with E-state index in [2.05, 4.69) is 199 Å². The molecule has 9 aromatic rings. The number of nitrogens with zero attached hydrogens (tertiary/aromatic N) is 3. The molecule has 262 valence electrons. The Kier molecular flexibility index (Phi) is 7.39. The molecule has 0 fully saturated rings. The SMILES string of the molecule is c1ccc(-c2ccc(-c3cc(-c4ccc5c(c4)C4(c6ccccc6-5)c5ccccc5N(c5ccccc5)c5ccccc54)nc(-c4ccccc4)n3)cc2)cc1. The summed E-state index contributed by atoms with van der Waals surface area (Å²) >= 11 is 0. The first-order valence-corrected chi connectivity index (χ1v) is 19.2. The van der Waals surface area contributed by atoms with Crippen molar-refractivity contribution in [2.75, 3.05) is 4.90 Å². The molecule has 1 aromatic heterocycles. The van der Waals surface area contributed by atoms with Crippen LogP contribution in [0.5, 0.6) is 0 Å². The molecule has 3 nitrogen and oxygen atoms in total. The average molecular weight is 714 g/mol. The van der Waals surface area contributed by atoms with Crippen molar-refractivity contribution in [3.05, 3.63) is 235 Å². The van der Waals surface area contributed by atoms with Gasteiger partial charge in [-0.05, 0) is 80.9 Å². The molecule has 0 saturated heterocycles. The maximum absolute atomic E-state index is 5.29. The molecule has 2 heterocycles. The monoisotopic (exact) mass is 713 g/mol. The third kappa shape index (κ3) is 4.91. The minimum Gasteiger partial charge on any atom is -0.310 e. The second-order valence-electron chi connectivity index (χ2n) is 14.5. The Labute approximate surface area is 326 Å². The molecule has 0 bridgehead atoms. The van der Waals surface area contributed by atoms with E-state index >= 15 is 0 Å². The van der Waals surface area contributed by atoms with E-state index < -0.39 is 5.41 Å². The van der Waals surface area contributed by atoms with Crippen molar-refractivity contribution in [3.8, 4) is 56.2 Å². The molecular formula is C53H35N3. The zero-order valence-electron chi connectivity index (χ0n) is 30.5. The van der Waals surface area contributed by atoms with E-state index in [-0.39, 0.29) is 0 Å². The molecule has 11 rings (SSSR count). The lowest BCUT2D eigenvalue weighted by molar-refractivity contribution is 0.753. The summed E-state index contributed by atoms with van der Waals surface area (Å²) in [5, 5.41) is 0. The van der Waals surface area contributed by atoms with Gasteiger partial charge in [0.2, 0.25) is 0 Å². The lowest BCUT2D eigenvalue weighted by Gasteiger charge is -2.45. The standard InChI is InChI=1S/C53H35N3/c1-4-16-36(17-5-1)37-28-30-38(31-29-37)48-35-49(55-52(54-48)39-18-6-2-7-19-39)40-32-33-43-42-22-10-11-23-44(42)53(47(43)34-40)45-24-12-14-26-50(45)56(41-20-8-3-9-21-41)51-27-15-13-25-46(51)53/h1-35H. The average Bonchev–Trinajstić information content (AvgIpc) is 3.57. The number of rotatable bonds is 5. The first kappa shape index (κ1) is 32.1. The Morgan fingerprint density at radius 2 is 0.786 bits per heavy atom. The summed E-state index contributed by atoms with van der Waals surface area (Å²) in [7, 11) is 0. The van der Waals surface area contributed by atoms with E-state index in [1.165, 1.54) is 55.9 Å². The number of para-hydroxylation sites is 3. The van der Waals surface area contributed by atoms with Crippen LogP contribution in [0.4, 0.5) is 17.1 Å². The normalized spacial score (nSPS) is 13.1. The van der Waals surface area contributed by atoms with Crippen LogP contribution in [0.15, 0.2) is 212 Å². The van der Waals surface area contributed by atoms with Crippen LogP contribution >= 0.6 is 0 Å². The summed E-state index contributed by atoms with van der Waals surface area (Å²) in [6, 6.07) is 76.2. The van der Waals surface area contributed by atoms with Crippen molar-refractivity contribution in [1.82, 2.24) is 9.97 Å². The van der Waals surface area contributed by atoms with Gasteiger partial charge in [-0.15, -0.1) is 0 Å². The molecule has 8 aromatic carbocycles. The molecular weight excluding hydrogens is 679 g/mol. The van der Waals surface area contributed by atoms with Gasteiger partial charge in [0, 0.05) is 22.4 Å². The number of hydrogen-bond acceptors (Lipinski definition) is 3. The smallest absolute Gasteiger partial charge is 0.160 e. The van der Waals surface area contributed by atoms with E-state index in [4.69, 9.17) is 9.97 Å². The van der Waals surface area contributed by atoms with Crippen molar-refractivity contribution >= 4 is 17.1 Å². The molecule has 2 aliphatic rings. The van der Waals surface area contributed by atoms with Gasteiger partial charge in [-0.3, -0.25) is 0 Å². The first-order chi connectivity index (χ1) is 27.8. The molecule has 56 heavy (non-hydrogen) atoms. The minimum atomic E-state index is -0.550. The fourth-order valence-corrected chi connectivity index (χ4v) is 9.04. The number of hydrogen-bond donors (Lipinski definition) is 0. The van der Waals surface area contributed by atoms with Gasteiger partial charge < -0.3 is 4.90 Å². The number of fused-ring (bicyclic) bond motifs is 9. The lowest BCUT2D eigenvalue weighted by atomic mass is 9.64. The second kappa shape index (κ2) is 12.9. The van der Waals surface area contributed by atoms with E-state index in [9.17, 15) is 0 Å². The Morgan fingerprint density at radius 1 is 0.321 bits per heavy atom. The summed E-state index contributed by atoms with van der Waals surface area (Å²) in [5.74, 6) is 0.704. The highest BCUT2D eigenvalue weighted by Crippen LogP contribution is 2.63. The molecule has 3 heteroatoms. The van der Waals surface area contributed by atoms with Gasteiger partial charge in [0.25, 0.3) is 0 Å². The van der Waals surface area contributed by atoms with Gasteiger partial charge in [-0.1, -0.05) is 176 Å². The fraction of sp³-hybridized carbons (Fsp3) is 0.0189. The maximum Gasteiger partial charge on any atom is 0.160 e. The zero-order valence-corrected chi connectivity index (χ0v) is 30.5. The van der Waals surface area contributed by atoms with Crippen molar-refractivity contribution in [1.29, 1.82) is 0 Å². The molecule has 0 radical (unpaired) electrons. The van der Waals surface area contributed by atoms with Crippen LogP contribution in [0.3, 0.4) is 0 Å². The van der Waals surface area contributed by atoms with Crippen molar-refractivity contribution in [2.24, 2.45) is 0 Å². The molecule has 0 unspecified atom stereocenters. The topological polar surface area (TPSA) is 29.0 Å². The summed E-state index contributed by atoms with van der Waals surface area (Å²) in [6.07, 6.45) is 0. The molecule has 0 N–H and O–H groups in total. The molecule has 0 amide bonds. The van der Waals surface area contributed by atoms with Crippen LogP contribution in [0.25, 0.3) is 56.2 Å². The van der Waals surface area contributed by atoms with Gasteiger partial charge >= 0.3 is 0 Å². The highest BCUT2D eigenvalue weighted by atomic mass is 15.2. The summed E-state index contributed by atoms with van der Waals surface area (Å²) in [4.78, 5) is 12.9. The van der Waals surface area contributed by atoms with Gasteiger partial charge in [0.15, 0.2) is 5.82 Å². The first-order valence-electron chi connectivity index (χ1n) is 19.2. The van der Waals surface area contributed by atoms with E-state index in [0.717, 1.165) is 33.8 Å². The van der Waals surface area contributed by atoms with Crippen molar-refractivity contribution in [3.63, 3.8) is 0 Å². The minimum absolute atomic E-state index is 0.550. The molecule has 1 aliphatic carbocycles. The van der Waals surface area contributed by atoms with E-state index in [1.807, 2.05) is 18.2 Å². The third-order valence-electron chi connectivity index (χ3n) is 11.5. The van der Waals surface area contributed by atoms with Crippen LogP contribution in [-0.2, 0) is 5.41 Å². The number of benzene rings is 8. The maximum atomic E-state index is 5.29. The summed E-state index contributed by atoms with van der Waals surface area (Å²) < 4.78 is 0. The van der Waals surface area contributed by atoms with E-state index in [0.29, 0.717) is 5.82 Å². The highest BCUT2D eigenvalue weighted by Gasteiger charge is 2.51. The van der Waals surface area contributed by atoms with Crippen LogP contribution in [0, 0.1) is 0 Å². The van der Waals surface area contributed by atoms with Crippen LogP contribution in [0.2, 0.25) is 0 Å². The van der Waals surface area contributed by atoms with Crippen LogP contribution in [-0.4, -0.2) is 9.97 Å². The van der Waals surface area contributed by atoms with E-state index in [1.54, 1.807) is 0 Å². The highest BCUT2D eigenvalue weighted by molar-refractivity contribution is 5.96. The van der Waals surface area contributed by atoms with Crippen LogP contribution < -0.4 is 4.90 Å². The Hall–Kier alpha value is -7.36.